The van der Waals surface area contributed by atoms with Gasteiger partial charge in [0, 0.05) is 36.7 Å². The largest absolute Gasteiger partial charge is 0.504 e. The lowest BCUT2D eigenvalue weighted by molar-refractivity contribution is -0.136. The zero-order valence-electron chi connectivity index (χ0n) is 13.9. The molecule has 4 rings (SSSR count). The lowest BCUT2D eigenvalue weighted by Gasteiger charge is -2.23. The fraction of sp³-hybridized carbons (Fsp3) is 0.368. The third-order valence-electron chi connectivity index (χ3n) is 4.70. The molecule has 6 nitrogen and oxygen atoms in total. The minimum atomic E-state index is -0.0725. The van der Waals surface area contributed by atoms with Crippen molar-refractivity contribution in [3.63, 3.8) is 0 Å². The first-order valence-electron chi connectivity index (χ1n) is 8.48. The normalized spacial score (nSPS) is 19.8. The second kappa shape index (κ2) is 6.72. The first-order chi connectivity index (χ1) is 12.2. The van der Waals surface area contributed by atoms with Crippen LogP contribution in [0, 0.1) is 5.92 Å². The van der Waals surface area contributed by atoms with Crippen molar-refractivity contribution in [1.82, 2.24) is 9.88 Å². The van der Waals surface area contributed by atoms with Crippen LogP contribution in [-0.4, -0.2) is 47.3 Å². The maximum absolute atomic E-state index is 12.7. The summed E-state index contributed by atoms with van der Waals surface area (Å²) in [6, 6.07) is 7.43. The van der Waals surface area contributed by atoms with E-state index in [4.69, 9.17) is 9.47 Å². The van der Waals surface area contributed by atoms with Crippen molar-refractivity contribution >= 4 is 5.91 Å². The highest BCUT2D eigenvalue weighted by molar-refractivity contribution is 5.79. The molecule has 1 amide bonds. The van der Waals surface area contributed by atoms with E-state index in [1.54, 1.807) is 23.4 Å². The number of hydrogen-bond acceptors (Lipinski definition) is 5. The third kappa shape index (κ3) is 3.17. The van der Waals surface area contributed by atoms with E-state index < -0.39 is 0 Å². The van der Waals surface area contributed by atoms with Gasteiger partial charge in [0.05, 0.1) is 19.1 Å². The van der Waals surface area contributed by atoms with Gasteiger partial charge in [-0.1, -0.05) is 6.07 Å². The first kappa shape index (κ1) is 15.9. The van der Waals surface area contributed by atoms with Gasteiger partial charge in [-0.15, -0.1) is 0 Å². The van der Waals surface area contributed by atoms with Crippen molar-refractivity contribution in [2.45, 2.75) is 13.0 Å². The Morgan fingerprint density at radius 1 is 1.28 bits per heavy atom. The number of ether oxygens (including phenoxy) is 2. The second-order valence-electron chi connectivity index (χ2n) is 6.39. The van der Waals surface area contributed by atoms with E-state index in [0.29, 0.717) is 38.7 Å². The standard InChI is InChI=1S/C19H20N2O4/c22-17-9-15(13-2-1-4-20-10-13)8-16-11-21(5-7-25-18(16)17)19(23)14-3-6-24-12-14/h1-2,4,8-10,14,22H,3,5-7,11-12H2. The number of carbonyl (C=O) groups excluding carboxylic acids is 1. The molecule has 1 N–H and O–H groups in total. The molecule has 1 aromatic carbocycles. The number of hydrogen-bond donors (Lipinski definition) is 1. The Hall–Kier alpha value is -2.60. The van der Waals surface area contributed by atoms with Gasteiger partial charge < -0.3 is 19.5 Å². The van der Waals surface area contributed by atoms with Crippen LogP contribution < -0.4 is 4.74 Å². The lowest BCUT2D eigenvalue weighted by atomic mass is 10.0. The first-order valence-corrected chi connectivity index (χ1v) is 8.48. The number of nitrogens with zero attached hydrogens (tertiary/aromatic N) is 2. The number of aromatic hydroxyl groups is 1. The monoisotopic (exact) mass is 340 g/mol. The Labute approximate surface area is 146 Å². The van der Waals surface area contributed by atoms with Crippen molar-refractivity contribution in [3.05, 3.63) is 42.2 Å². The Bertz CT molecular complexity index is 772. The van der Waals surface area contributed by atoms with Crippen molar-refractivity contribution in [1.29, 1.82) is 0 Å². The molecule has 2 aliphatic rings. The van der Waals surface area contributed by atoms with Crippen LogP contribution in [0.1, 0.15) is 12.0 Å². The van der Waals surface area contributed by atoms with Crippen LogP contribution in [0.25, 0.3) is 11.1 Å². The van der Waals surface area contributed by atoms with Gasteiger partial charge in [-0.05, 0) is 30.2 Å². The van der Waals surface area contributed by atoms with Gasteiger partial charge in [-0.3, -0.25) is 9.78 Å². The summed E-state index contributed by atoms with van der Waals surface area (Å²) in [6.45, 7) is 2.43. The molecule has 1 unspecified atom stereocenters. The summed E-state index contributed by atoms with van der Waals surface area (Å²) in [5, 5.41) is 10.4. The Morgan fingerprint density at radius 2 is 2.20 bits per heavy atom. The number of benzene rings is 1. The van der Waals surface area contributed by atoms with Gasteiger partial charge in [0.25, 0.3) is 0 Å². The van der Waals surface area contributed by atoms with E-state index in [0.717, 1.165) is 23.1 Å². The van der Waals surface area contributed by atoms with Crippen LogP contribution >= 0.6 is 0 Å². The van der Waals surface area contributed by atoms with Crippen LogP contribution in [0.15, 0.2) is 36.7 Å². The summed E-state index contributed by atoms with van der Waals surface area (Å²) in [7, 11) is 0. The van der Waals surface area contributed by atoms with Gasteiger partial charge >= 0.3 is 0 Å². The molecule has 1 saturated heterocycles. The van der Waals surface area contributed by atoms with Gasteiger partial charge in [0.2, 0.25) is 5.91 Å². The minimum Gasteiger partial charge on any atom is -0.504 e. The number of fused-ring (bicyclic) bond motifs is 1. The topological polar surface area (TPSA) is 71.9 Å². The zero-order chi connectivity index (χ0) is 17.2. The van der Waals surface area contributed by atoms with Gasteiger partial charge in [-0.25, -0.2) is 0 Å². The van der Waals surface area contributed by atoms with E-state index in [2.05, 4.69) is 4.98 Å². The molecule has 1 atom stereocenters. The highest BCUT2D eigenvalue weighted by atomic mass is 16.5. The maximum Gasteiger partial charge on any atom is 0.228 e. The molecule has 6 heteroatoms. The summed E-state index contributed by atoms with van der Waals surface area (Å²) in [5.74, 6) is 0.581. The average Bonchev–Trinajstić information content (AvgIpc) is 3.08. The van der Waals surface area contributed by atoms with E-state index in [9.17, 15) is 9.90 Å². The van der Waals surface area contributed by atoms with Gasteiger partial charge in [0.1, 0.15) is 6.61 Å². The molecular weight excluding hydrogens is 320 g/mol. The molecule has 1 fully saturated rings. The van der Waals surface area contributed by atoms with E-state index in [1.165, 1.54) is 0 Å². The van der Waals surface area contributed by atoms with Crippen LogP contribution in [0.2, 0.25) is 0 Å². The molecule has 0 aliphatic carbocycles. The second-order valence-corrected chi connectivity index (χ2v) is 6.39. The molecule has 0 spiro atoms. The number of carbonyl (C=O) groups is 1. The highest BCUT2D eigenvalue weighted by Gasteiger charge is 2.30. The Kier molecular flexibility index (Phi) is 4.28. The van der Waals surface area contributed by atoms with Crippen molar-refractivity contribution in [3.8, 4) is 22.6 Å². The Morgan fingerprint density at radius 3 is 2.96 bits per heavy atom. The summed E-state index contributed by atoms with van der Waals surface area (Å²) in [6.07, 6.45) is 4.22. The number of amides is 1. The number of phenols is 1. The third-order valence-corrected chi connectivity index (χ3v) is 4.70. The molecule has 2 aromatic rings. The molecule has 25 heavy (non-hydrogen) atoms. The Balaban J connectivity index is 1.65. The maximum atomic E-state index is 12.7. The number of rotatable bonds is 2. The quantitative estimate of drug-likeness (QED) is 0.907. The molecule has 3 heterocycles. The number of aromatic nitrogens is 1. The predicted octanol–water partition coefficient (Wildman–Crippen LogP) is 2.21. The van der Waals surface area contributed by atoms with Gasteiger partial charge in [-0.2, -0.15) is 0 Å². The van der Waals surface area contributed by atoms with Crippen molar-refractivity contribution < 1.29 is 19.4 Å². The smallest absolute Gasteiger partial charge is 0.228 e. The lowest BCUT2D eigenvalue weighted by Crippen LogP contribution is -2.37. The van der Waals surface area contributed by atoms with Crippen molar-refractivity contribution in [2.24, 2.45) is 5.92 Å². The summed E-state index contributed by atoms with van der Waals surface area (Å²) in [4.78, 5) is 18.6. The molecule has 130 valence electrons. The van der Waals surface area contributed by atoms with Crippen LogP contribution in [0.4, 0.5) is 0 Å². The minimum absolute atomic E-state index is 0.0725. The fourth-order valence-electron chi connectivity index (χ4n) is 3.37. The molecule has 0 radical (unpaired) electrons. The van der Waals surface area contributed by atoms with E-state index >= 15 is 0 Å². The van der Waals surface area contributed by atoms with Crippen LogP contribution in [0.5, 0.6) is 11.5 Å². The molecule has 0 saturated carbocycles. The predicted molar refractivity (Wildman–Crippen MR) is 91.2 cm³/mol. The number of pyridine rings is 1. The van der Waals surface area contributed by atoms with Gasteiger partial charge in [0.15, 0.2) is 11.5 Å². The van der Waals surface area contributed by atoms with Crippen LogP contribution in [-0.2, 0) is 16.1 Å². The summed E-state index contributed by atoms with van der Waals surface area (Å²) in [5.41, 5.74) is 2.57. The summed E-state index contributed by atoms with van der Waals surface area (Å²) >= 11 is 0. The average molecular weight is 340 g/mol. The molecular formula is C19H20N2O4. The van der Waals surface area contributed by atoms with Crippen LogP contribution in [0.3, 0.4) is 0 Å². The SMILES string of the molecule is O=C(C1CCOC1)N1CCOc2c(O)cc(-c3cccnc3)cc2C1. The van der Waals surface area contributed by atoms with E-state index in [1.807, 2.05) is 18.2 Å². The molecule has 1 aromatic heterocycles. The zero-order valence-corrected chi connectivity index (χ0v) is 13.9. The highest BCUT2D eigenvalue weighted by Crippen LogP contribution is 2.37. The van der Waals surface area contributed by atoms with Crippen molar-refractivity contribution in [2.75, 3.05) is 26.4 Å². The molecule has 2 aliphatic heterocycles. The summed E-state index contributed by atoms with van der Waals surface area (Å²) < 4.78 is 11.1. The number of phenolic OH excluding ortho intramolecular Hbond substituents is 1. The van der Waals surface area contributed by atoms with E-state index in [-0.39, 0.29) is 17.6 Å². The molecule has 0 bridgehead atoms. The fourth-order valence-corrected chi connectivity index (χ4v) is 3.37.